The van der Waals surface area contributed by atoms with Crippen LogP contribution in [0.3, 0.4) is 0 Å². The highest BCUT2D eigenvalue weighted by Crippen LogP contribution is 2.42. The van der Waals surface area contributed by atoms with Crippen LogP contribution in [0.5, 0.6) is 11.5 Å². The summed E-state index contributed by atoms with van der Waals surface area (Å²) in [6, 6.07) is 1.77. The number of aromatic hydroxyl groups is 2. The third-order valence-corrected chi connectivity index (χ3v) is 11.6. The number of aliphatic carboxylic acids is 1. The van der Waals surface area contributed by atoms with Crippen LogP contribution in [0, 0.1) is 0 Å². The van der Waals surface area contributed by atoms with Gasteiger partial charge in [-0.1, -0.05) is 5.16 Å². The van der Waals surface area contributed by atoms with Crippen molar-refractivity contribution < 1.29 is 48.9 Å². The molecule has 2 aromatic rings. The number of β-lactam (4-membered cyclic amide) rings is 1. The molecule has 4 aliphatic heterocycles. The van der Waals surface area contributed by atoms with Gasteiger partial charge in [-0.05, 0) is 50.6 Å². The Kier molecular flexibility index (Phi) is 11.6. The molecule has 0 aliphatic carbocycles. The Morgan fingerprint density at radius 2 is 1.91 bits per heavy atom. The second kappa shape index (κ2) is 16.3. The van der Waals surface area contributed by atoms with Gasteiger partial charge < -0.3 is 36.1 Å². The second-order valence-electron chi connectivity index (χ2n) is 13.3. The number of hydrogen-bond acceptors (Lipinski definition) is 18. The highest BCUT2D eigenvalue weighted by Gasteiger charge is 2.54. The number of phenolic OH excluding ortho intramolecular Hbond substituents is 2. The molecule has 6 amide bonds. The Labute approximate surface area is 341 Å². The number of anilines is 1. The Morgan fingerprint density at radius 1 is 1.17 bits per heavy atom. The molecule has 1 aromatic heterocycles. The molecule has 0 radical (unpaired) electrons. The lowest BCUT2D eigenvalue weighted by Crippen LogP contribution is -2.71. The molecule has 306 valence electrons. The van der Waals surface area contributed by atoms with Crippen molar-refractivity contribution >= 4 is 87.0 Å². The first-order valence-electron chi connectivity index (χ1n) is 16.9. The van der Waals surface area contributed by atoms with Gasteiger partial charge in [0.1, 0.15) is 22.8 Å². The van der Waals surface area contributed by atoms with Crippen molar-refractivity contribution in [3.05, 3.63) is 69.2 Å². The number of carbonyl (C=O) groups is 6. The van der Waals surface area contributed by atoms with Gasteiger partial charge in [0.25, 0.3) is 23.6 Å². The van der Waals surface area contributed by atoms with Gasteiger partial charge in [0.05, 0.1) is 11.2 Å². The molecular formula is C33H36N12O10S3. The maximum Gasteiger partial charge on any atom is 0.352 e. The highest BCUT2D eigenvalue weighted by atomic mass is 32.2. The monoisotopic (exact) mass is 856 g/mol. The number of carboxylic acid groups (broad SMARTS) is 1. The van der Waals surface area contributed by atoms with Gasteiger partial charge in [-0.25, -0.2) is 29.6 Å². The summed E-state index contributed by atoms with van der Waals surface area (Å²) in [7, 11) is 3.21. The highest BCUT2D eigenvalue weighted by molar-refractivity contribution is 8.03. The fourth-order valence-corrected chi connectivity index (χ4v) is 8.55. The molecule has 1 fully saturated rings. The fraction of sp³-hybridized carbons (Fsp3) is 0.303. The number of urea groups is 1. The molecule has 4 aliphatic rings. The van der Waals surface area contributed by atoms with Gasteiger partial charge >= 0.3 is 12.0 Å². The molecule has 5 heterocycles. The number of nitrogens with zero attached hydrogens (tertiary/aromatic N) is 7. The summed E-state index contributed by atoms with van der Waals surface area (Å²) in [5.41, 5.74) is 11.6. The first-order chi connectivity index (χ1) is 27.4. The lowest BCUT2D eigenvalue weighted by molar-refractivity contribution is -0.150. The average Bonchev–Trinajstić information content (AvgIpc) is 3.81. The van der Waals surface area contributed by atoms with Crippen molar-refractivity contribution in [3.8, 4) is 11.5 Å². The van der Waals surface area contributed by atoms with Crippen molar-refractivity contribution in [2.24, 2.45) is 10.1 Å². The van der Waals surface area contributed by atoms with Crippen LogP contribution < -0.4 is 27.4 Å². The number of benzene rings is 1. The van der Waals surface area contributed by atoms with Crippen molar-refractivity contribution in [1.82, 2.24) is 46.5 Å². The van der Waals surface area contributed by atoms with Crippen molar-refractivity contribution in [3.63, 3.8) is 0 Å². The number of nitrogens with one attached hydrogen (secondary N) is 4. The van der Waals surface area contributed by atoms with Crippen LogP contribution in [0.25, 0.3) is 0 Å². The number of hydrazine groups is 3. The Hall–Kier alpha value is -6.31. The minimum absolute atomic E-state index is 0.0426. The smallest absolute Gasteiger partial charge is 0.352 e. The van der Waals surface area contributed by atoms with Crippen LogP contribution in [0.1, 0.15) is 36.8 Å². The van der Waals surface area contributed by atoms with Gasteiger partial charge in [-0.2, -0.15) is 0 Å². The van der Waals surface area contributed by atoms with Crippen LogP contribution in [0.15, 0.2) is 68.1 Å². The number of hydrogen-bond donors (Lipinski definition) is 8. The van der Waals surface area contributed by atoms with Gasteiger partial charge in [-0.3, -0.25) is 34.9 Å². The van der Waals surface area contributed by atoms with Crippen LogP contribution in [0.4, 0.5) is 9.93 Å². The molecule has 9 N–H and O–H groups in total. The summed E-state index contributed by atoms with van der Waals surface area (Å²) in [4.78, 5) is 94.3. The molecule has 6 rings (SSSR count). The molecule has 58 heavy (non-hydrogen) atoms. The Morgan fingerprint density at radius 3 is 2.57 bits per heavy atom. The number of rotatable bonds is 11. The van der Waals surface area contributed by atoms with Crippen molar-refractivity contribution in [2.75, 3.05) is 31.3 Å². The van der Waals surface area contributed by atoms with E-state index >= 15 is 0 Å². The number of fused-ring (bicyclic) bond motifs is 2. The zero-order chi connectivity index (χ0) is 42.2. The molecule has 22 nitrogen and oxygen atoms in total. The molecule has 0 spiro atoms. The summed E-state index contributed by atoms with van der Waals surface area (Å²) in [5.74, 6) is -4.86. The van der Waals surface area contributed by atoms with E-state index in [1.165, 1.54) is 64.9 Å². The minimum Gasteiger partial charge on any atom is -0.504 e. The zero-order valence-corrected chi connectivity index (χ0v) is 33.6. The number of carbonyl (C=O) groups excluding carboxylic acids is 5. The molecule has 1 aromatic carbocycles. The van der Waals surface area contributed by atoms with E-state index in [0.29, 0.717) is 22.1 Å². The van der Waals surface area contributed by atoms with E-state index in [-0.39, 0.29) is 39.6 Å². The third kappa shape index (κ3) is 8.36. The normalized spacial score (nSPS) is 18.9. The number of nitrogens with two attached hydrogens (primary N) is 1. The van der Waals surface area contributed by atoms with Crippen molar-refractivity contribution in [1.29, 1.82) is 0 Å². The molecule has 0 unspecified atom stereocenters. The Balaban J connectivity index is 1.12. The maximum atomic E-state index is 13.7. The largest absolute Gasteiger partial charge is 0.504 e. The summed E-state index contributed by atoms with van der Waals surface area (Å²) < 4.78 is 0. The van der Waals surface area contributed by atoms with E-state index in [1.807, 2.05) is 0 Å². The number of aliphatic imine (C=N–C) groups is 1. The van der Waals surface area contributed by atoms with Crippen LogP contribution in [0.2, 0.25) is 0 Å². The van der Waals surface area contributed by atoms with Crippen LogP contribution in [-0.2, 0) is 24.0 Å². The van der Waals surface area contributed by atoms with E-state index in [2.05, 4.69) is 36.8 Å². The van der Waals surface area contributed by atoms with E-state index in [9.17, 15) is 44.1 Å². The average molecular weight is 857 g/mol. The molecule has 0 bridgehead atoms. The number of nitrogen functional groups attached to an aromatic ring is 1. The van der Waals surface area contributed by atoms with Gasteiger partial charge in [0, 0.05) is 42.3 Å². The minimum atomic E-state index is -1.82. The number of carboxylic acids is 1. The van der Waals surface area contributed by atoms with E-state index in [1.54, 1.807) is 32.1 Å². The van der Waals surface area contributed by atoms with Gasteiger partial charge in [0.2, 0.25) is 5.60 Å². The summed E-state index contributed by atoms with van der Waals surface area (Å²) in [5, 5.41) is 40.1. The number of thioether (sulfide) groups is 2. The Bertz CT molecular complexity index is 2270. The summed E-state index contributed by atoms with van der Waals surface area (Å²) in [6.07, 6.45) is 3.31. The summed E-state index contributed by atoms with van der Waals surface area (Å²) >= 11 is 3.51. The first-order valence-corrected chi connectivity index (χ1v) is 19.8. The number of phenols is 2. The molecular weight excluding hydrogens is 821 g/mol. The predicted octanol–water partition coefficient (Wildman–Crippen LogP) is 0.402. The van der Waals surface area contributed by atoms with Crippen LogP contribution >= 0.6 is 34.9 Å². The van der Waals surface area contributed by atoms with Crippen LogP contribution in [-0.4, -0.2) is 130 Å². The lowest BCUT2D eigenvalue weighted by atomic mass is 10.0. The topological polar surface area (TPSA) is 297 Å². The van der Waals surface area contributed by atoms with Crippen molar-refractivity contribution in [2.45, 2.75) is 37.8 Å². The predicted molar refractivity (Wildman–Crippen MR) is 211 cm³/mol. The molecule has 0 saturated carbocycles. The van der Waals surface area contributed by atoms with Gasteiger partial charge in [0.15, 0.2) is 28.2 Å². The quantitative estimate of drug-likeness (QED) is 0.0657. The number of aromatic nitrogens is 1. The van der Waals surface area contributed by atoms with E-state index in [4.69, 9.17) is 10.6 Å². The molecule has 1 saturated heterocycles. The lowest BCUT2D eigenvalue weighted by Gasteiger charge is -2.49. The SMILES string of the molecule is CC1=NC2=CN(C(=O)N(C)C)NN2C(SCC2=C(C(=O)O)N3C(=O)[C@@H](NC(=O)C(=NOC(C)(C)C(=O)NNC(=O)c4ccc(O)c(O)c4)c4csc(N)n4)[C@H]3SC2)=C1. The summed E-state index contributed by atoms with van der Waals surface area (Å²) in [6.45, 7) is 4.36. The first kappa shape index (κ1) is 41.3. The standard InChI is InChI=1S/C33H36N12O10S3/c1-14-8-21(45-20(35-14)10-43(41-45)32(54)42(4)5)56-11-16-12-57-28-23(27(50)44(28)24(16)29(51)52)37-26(49)22(17-13-58-31(34)36-17)40-55-33(2,3)30(53)39-38-25(48)15-6-7-18(46)19(47)9-15/h6-10,13,23,28,41,46-47H,11-12H2,1-5H3,(H2,34,36)(H,37,49)(H,38,48)(H,39,53)(H,51,52)/t23-,28-/m1/s1. The number of amides is 6. The maximum absolute atomic E-state index is 13.7. The number of oxime groups is 1. The van der Waals surface area contributed by atoms with E-state index < -0.39 is 63.8 Å². The number of thiazole rings is 1. The molecule has 2 atom stereocenters. The number of allylic oxidation sites excluding steroid dienone is 1. The third-order valence-electron chi connectivity index (χ3n) is 8.46. The zero-order valence-electron chi connectivity index (χ0n) is 31.2. The van der Waals surface area contributed by atoms with Gasteiger partial charge in [-0.15, -0.1) is 40.4 Å². The fourth-order valence-electron chi connectivity index (χ4n) is 5.45. The molecule has 25 heteroatoms. The second-order valence-corrected chi connectivity index (χ2v) is 16.3. The van der Waals surface area contributed by atoms with E-state index in [0.717, 1.165) is 28.4 Å².